The summed E-state index contributed by atoms with van der Waals surface area (Å²) in [5.74, 6) is 0.434. The first-order chi connectivity index (χ1) is 9.04. The Hall–Kier alpha value is -1.59. The van der Waals surface area contributed by atoms with Gasteiger partial charge in [0.2, 0.25) is 0 Å². The van der Waals surface area contributed by atoms with Crippen molar-refractivity contribution in [2.45, 2.75) is 20.0 Å². The summed E-state index contributed by atoms with van der Waals surface area (Å²) in [6.45, 7) is 4.22. The third-order valence-electron chi connectivity index (χ3n) is 2.81. The molecule has 0 saturated heterocycles. The fourth-order valence-corrected chi connectivity index (χ4v) is 1.56. The van der Waals surface area contributed by atoms with Crippen LogP contribution in [0, 0.1) is 13.8 Å². The normalized spacial score (nSPS) is 12.0. The summed E-state index contributed by atoms with van der Waals surface area (Å²) in [7, 11) is 1.49. The number of methoxy groups -OCH3 is 1. The summed E-state index contributed by atoms with van der Waals surface area (Å²) >= 11 is 0. The molecule has 0 saturated carbocycles. The molecular weight excluding hydrogens is 246 g/mol. The van der Waals surface area contributed by atoms with Crippen LogP contribution < -0.4 is 10.1 Å². The van der Waals surface area contributed by atoms with E-state index in [0.717, 1.165) is 11.1 Å². The van der Waals surface area contributed by atoms with Gasteiger partial charge in [-0.1, -0.05) is 12.1 Å². The van der Waals surface area contributed by atoms with E-state index < -0.39 is 6.10 Å². The molecule has 1 amide bonds. The monoisotopic (exact) mass is 267 g/mol. The van der Waals surface area contributed by atoms with Gasteiger partial charge in [0.1, 0.15) is 5.75 Å². The molecule has 0 heterocycles. The fraction of sp³-hybridized carbons (Fsp3) is 0.500. The summed E-state index contributed by atoms with van der Waals surface area (Å²) in [4.78, 5) is 11.5. The van der Waals surface area contributed by atoms with E-state index in [0.29, 0.717) is 5.75 Å². The van der Waals surface area contributed by atoms with E-state index in [1.165, 1.54) is 7.11 Å². The van der Waals surface area contributed by atoms with Gasteiger partial charge in [-0.15, -0.1) is 0 Å². The van der Waals surface area contributed by atoms with Gasteiger partial charge in [-0.05, 0) is 31.0 Å². The van der Waals surface area contributed by atoms with E-state index in [1.54, 1.807) is 0 Å². The number of amides is 1. The molecule has 0 aliphatic heterocycles. The minimum Gasteiger partial charge on any atom is -0.483 e. The summed E-state index contributed by atoms with van der Waals surface area (Å²) in [5.41, 5.74) is 2.14. The first kappa shape index (κ1) is 15.5. The summed E-state index contributed by atoms with van der Waals surface area (Å²) in [5, 5.41) is 12.0. The molecule has 0 fully saturated rings. The number of hydrogen-bond donors (Lipinski definition) is 2. The van der Waals surface area contributed by atoms with Crippen molar-refractivity contribution in [3.63, 3.8) is 0 Å². The zero-order valence-corrected chi connectivity index (χ0v) is 11.6. The molecule has 0 aliphatic carbocycles. The van der Waals surface area contributed by atoms with E-state index in [2.05, 4.69) is 5.32 Å². The molecular formula is C14H21NO4. The second kappa shape index (κ2) is 7.76. The second-order valence-corrected chi connectivity index (χ2v) is 4.40. The van der Waals surface area contributed by atoms with Gasteiger partial charge in [-0.25, -0.2) is 0 Å². The Morgan fingerprint density at radius 2 is 2.16 bits per heavy atom. The van der Waals surface area contributed by atoms with Gasteiger partial charge < -0.3 is 19.9 Å². The van der Waals surface area contributed by atoms with Crippen LogP contribution in [0.15, 0.2) is 18.2 Å². The molecule has 0 spiro atoms. The number of carbonyl (C=O) groups is 1. The number of benzene rings is 1. The molecule has 5 nitrogen and oxygen atoms in total. The number of aliphatic hydroxyl groups is 1. The highest BCUT2D eigenvalue weighted by Crippen LogP contribution is 2.20. The maximum Gasteiger partial charge on any atom is 0.258 e. The minimum atomic E-state index is -0.699. The van der Waals surface area contributed by atoms with Crippen LogP contribution in [0.5, 0.6) is 5.75 Å². The van der Waals surface area contributed by atoms with Crippen LogP contribution in [0.1, 0.15) is 11.1 Å². The number of carbonyl (C=O) groups excluding carboxylic acids is 1. The first-order valence-electron chi connectivity index (χ1n) is 6.17. The highest BCUT2D eigenvalue weighted by atomic mass is 16.5. The number of aliphatic hydroxyl groups excluding tert-OH is 1. The smallest absolute Gasteiger partial charge is 0.258 e. The van der Waals surface area contributed by atoms with Gasteiger partial charge >= 0.3 is 0 Å². The second-order valence-electron chi connectivity index (χ2n) is 4.40. The van der Waals surface area contributed by atoms with Gasteiger partial charge in [0.15, 0.2) is 6.61 Å². The quantitative estimate of drug-likeness (QED) is 0.767. The van der Waals surface area contributed by atoms with E-state index in [-0.39, 0.29) is 25.7 Å². The van der Waals surface area contributed by atoms with Crippen molar-refractivity contribution in [1.29, 1.82) is 0 Å². The minimum absolute atomic E-state index is 0.0655. The molecule has 106 valence electrons. The van der Waals surface area contributed by atoms with Crippen molar-refractivity contribution < 1.29 is 19.4 Å². The Morgan fingerprint density at radius 1 is 1.42 bits per heavy atom. The van der Waals surface area contributed by atoms with Crippen molar-refractivity contribution in [2.75, 3.05) is 26.9 Å². The third-order valence-corrected chi connectivity index (χ3v) is 2.81. The van der Waals surface area contributed by atoms with Crippen molar-refractivity contribution in [3.8, 4) is 5.75 Å². The molecule has 19 heavy (non-hydrogen) atoms. The molecule has 1 unspecified atom stereocenters. The number of hydrogen-bond acceptors (Lipinski definition) is 4. The average Bonchev–Trinajstić information content (AvgIpc) is 2.38. The molecule has 0 bridgehead atoms. The van der Waals surface area contributed by atoms with E-state index in [1.807, 2.05) is 32.0 Å². The Bertz CT molecular complexity index is 420. The van der Waals surface area contributed by atoms with Crippen LogP contribution in [0.4, 0.5) is 0 Å². The lowest BCUT2D eigenvalue weighted by Crippen LogP contribution is -2.37. The van der Waals surface area contributed by atoms with Gasteiger partial charge in [0.25, 0.3) is 5.91 Å². The predicted molar refractivity (Wildman–Crippen MR) is 72.3 cm³/mol. The summed E-state index contributed by atoms with van der Waals surface area (Å²) < 4.78 is 10.2. The molecule has 0 radical (unpaired) electrons. The topological polar surface area (TPSA) is 67.8 Å². The molecule has 0 aromatic heterocycles. The maximum absolute atomic E-state index is 11.5. The largest absolute Gasteiger partial charge is 0.483 e. The van der Waals surface area contributed by atoms with Crippen molar-refractivity contribution in [1.82, 2.24) is 5.32 Å². The van der Waals surface area contributed by atoms with Crippen LogP contribution in [-0.2, 0) is 9.53 Å². The Morgan fingerprint density at radius 3 is 2.84 bits per heavy atom. The van der Waals surface area contributed by atoms with E-state index >= 15 is 0 Å². The Balaban J connectivity index is 2.36. The van der Waals surface area contributed by atoms with Gasteiger partial charge in [0, 0.05) is 13.7 Å². The average molecular weight is 267 g/mol. The lowest BCUT2D eigenvalue weighted by molar-refractivity contribution is -0.123. The number of ether oxygens (including phenoxy) is 2. The van der Waals surface area contributed by atoms with Gasteiger partial charge in [-0.3, -0.25) is 4.79 Å². The Kier molecular flexibility index (Phi) is 6.32. The van der Waals surface area contributed by atoms with E-state index in [4.69, 9.17) is 9.47 Å². The standard InChI is InChI=1S/C14H21NO4/c1-10-5-4-6-13(11(10)2)19-9-14(17)15-7-12(16)8-18-3/h4-6,12,16H,7-9H2,1-3H3,(H,15,17). The molecule has 1 aromatic rings. The van der Waals surface area contributed by atoms with Crippen molar-refractivity contribution in [3.05, 3.63) is 29.3 Å². The highest BCUT2D eigenvalue weighted by Gasteiger charge is 2.08. The zero-order valence-electron chi connectivity index (χ0n) is 11.6. The SMILES string of the molecule is COCC(O)CNC(=O)COc1cccc(C)c1C. The van der Waals surface area contributed by atoms with Crippen LogP contribution >= 0.6 is 0 Å². The zero-order chi connectivity index (χ0) is 14.3. The summed E-state index contributed by atoms with van der Waals surface area (Å²) in [6.07, 6.45) is -0.699. The fourth-order valence-electron chi connectivity index (χ4n) is 1.56. The predicted octanol–water partition coefficient (Wildman–Crippen LogP) is 0.806. The first-order valence-corrected chi connectivity index (χ1v) is 6.17. The number of rotatable bonds is 7. The Labute approximate surface area is 113 Å². The van der Waals surface area contributed by atoms with Gasteiger partial charge in [-0.2, -0.15) is 0 Å². The van der Waals surface area contributed by atoms with Crippen LogP contribution in [-0.4, -0.2) is 44.0 Å². The van der Waals surface area contributed by atoms with Crippen LogP contribution in [0.2, 0.25) is 0 Å². The third kappa shape index (κ3) is 5.28. The van der Waals surface area contributed by atoms with Crippen LogP contribution in [0.3, 0.4) is 0 Å². The maximum atomic E-state index is 11.5. The molecule has 2 N–H and O–H groups in total. The van der Waals surface area contributed by atoms with Gasteiger partial charge in [0.05, 0.1) is 12.7 Å². The summed E-state index contributed by atoms with van der Waals surface area (Å²) in [6, 6.07) is 5.71. The highest BCUT2D eigenvalue weighted by molar-refractivity contribution is 5.77. The van der Waals surface area contributed by atoms with Crippen LogP contribution in [0.25, 0.3) is 0 Å². The molecule has 5 heteroatoms. The molecule has 1 rings (SSSR count). The van der Waals surface area contributed by atoms with Crippen molar-refractivity contribution >= 4 is 5.91 Å². The molecule has 0 aliphatic rings. The van der Waals surface area contributed by atoms with E-state index in [9.17, 15) is 9.90 Å². The molecule has 1 aromatic carbocycles. The lowest BCUT2D eigenvalue weighted by atomic mass is 10.1. The lowest BCUT2D eigenvalue weighted by Gasteiger charge is -2.13. The number of aryl methyl sites for hydroxylation is 1. The van der Waals surface area contributed by atoms with Crippen molar-refractivity contribution in [2.24, 2.45) is 0 Å². The number of nitrogens with one attached hydrogen (secondary N) is 1. The molecule has 1 atom stereocenters.